The summed E-state index contributed by atoms with van der Waals surface area (Å²) in [5.74, 6) is 0. The average molecular weight is 303 g/mol. The molecule has 6 heteroatoms. The number of rotatable bonds is 6. The van der Waals surface area contributed by atoms with Crippen LogP contribution >= 0.6 is 11.6 Å². The van der Waals surface area contributed by atoms with Gasteiger partial charge in [0.15, 0.2) is 0 Å². The van der Waals surface area contributed by atoms with Crippen LogP contribution in [-0.4, -0.2) is 20.5 Å². The highest BCUT2D eigenvalue weighted by Crippen LogP contribution is 2.23. The van der Waals surface area contributed by atoms with E-state index in [1.54, 1.807) is 26.0 Å². The second-order valence-electron chi connectivity index (χ2n) is 5.18. The highest BCUT2D eigenvalue weighted by atomic mass is 35.5. The van der Waals surface area contributed by atoms with Crippen molar-refractivity contribution in [3.8, 4) is 0 Å². The minimum absolute atomic E-state index is 0.139. The first-order chi connectivity index (χ1) is 8.88. The molecular weight excluding hydrogens is 284 g/mol. The van der Waals surface area contributed by atoms with Crippen LogP contribution in [0.5, 0.6) is 0 Å². The van der Waals surface area contributed by atoms with Crippen molar-refractivity contribution in [2.75, 3.05) is 0 Å². The molecule has 0 heterocycles. The van der Waals surface area contributed by atoms with Gasteiger partial charge in [0.05, 0.1) is 4.90 Å². The van der Waals surface area contributed by atoms with Crippen LogP contribution in [0, 0.1) is 0 Å². The predicted octanol–water partition coefficient (Wildman–Crippen LogP) is 2.28. The van der Waals surface area contributed by atoms with Crippen LogP contribution in [-0.2, 0) is 16.6 Å². The van der Waals surface area contributed by atoms with Crippen molar-refractivity contribution in [3.05, 3.63) is 28.8 Å². The Morgan fingerprint density at radius 2 is 2.05 bits per heavy atom. The van der Waals surface area contributed by atoms with E-state index in [0.717, 1.165) is 5.56 Å². The van der Waals surface area contributed by atoms with Crippen LogP contribution < -0.4 is 10.0 Å². The molecule has 1 saturated carbocycles. The van der Waals surface area contributed by atoms with E-state index in [2.05, 4.69) is 10.0 Å². The fraction of sp³-hybridized carbons (Fsp3) is 0.538. The van der Waals surface area contributed by atoms with Crippen LogP contribution in [0.3, 0.4) is 0 Å². The lowest BCUT2D eigenvalue weighted by Crippen LogP contribution is -2.30. The zero-order valence-electron chi connectivity index (χ0n) is 11.1. The Morgan fingerprint density at radius 3 is 2.58 bits per heavy atom. The summed E-state index contributed by atoms with van der Waals surface area (Å²) in [6.45, 7) is 4.25. The fourth-order valence-corrected chi connectivity index (χ4v) is 3.35. The summed E-state index contributed by atoms with van der Waals surface area (Å²) in [7, 11) is -3.47. The summed E-state index contributed by atoms with van der Waals surface area (Å²) in [6, 6.07) is 5.34. The van der Waals surface area contributed by atoms with Gasteiger partial charge in [-0.15, -0.1) is 0 Å². The summed E-state index contributed by atoms with van der Waals surface area (Å²) in [5.41, 5.74) is 0.928. The number of halogens is 1. The average Bonchev–Trinajstić information content (AvgIpc) is 3.09. The van der Waals surface area contributed by atoms with E-state index in [4.69, 9.17) is 11.6 Å². The minimum Gasteiger partial charge on any atom is -0.310 e. The molecule has 0 aromatic heterocycles. The third kappa shape index (κ3) is 4.18. The molecule has 19 heavy (non-hydrogen) atoms. The van der Waals surface area contributed by atoms with Gasteiger partial charge in [-0.1, -0.05) is 17.7 Å². The molecule has 106 valence electrons. The van der Waals surface area contributed by atoms with E-state index in [1.807, 2.05) is 0 Å². The van der Waals surface area contributed by atoms with Crippen molar-refractivity contribution in [3.63, 3.8) is 0 Å². The quantitative estimate of drug-likeness (QED) is 0.847. The van der Waals surface area contributed by atoms with E-state index < -0.39 is 10.0 Å². The lowest BCUT2D eigenvalue weighted by molar-refractivity contribution is 0.570. The lowest BCUT2D eigenvalue weighted by Gasteiger charge is -2.11. The van der Waals surface area contributed by atoms with Crippen LogP contribution in [0.15, 0.2) is 23.1 Å². The smallest absolute Gasteiger partial charge is 0.240 e. The summed E-state index contributed by atoms with van der Waals surface area (Å²) >= 11 is 6.14. The van der Waals surface area contributed by atoms with Gasteiger partial charge in [-0.2, -0.15) is 0 Å². The summed E-state index contributed by atoms with van der Waals surface area (Å²) in [6.07, 6.45) is 2.42. The number of hydrogen-bond acceptors (Lipinski definition) is 3. The molecule has 0 unspecified atom stereocenters. The lowest BCUT2D eigenvalue weighted by atomic mass is 10.2. The molecule has 0 saturated heterocycles. The molecule has 0 atom stereocenters. The topological polar surface area (TPSA) is 58.2 Å². The maximum atomic E-state index is 12.0. The molecule has 2 rings (SSSR count). The van der Waals surface area contributed by atoms with E-state index in [9.17, 15) is 8.42 Å². The second kappa shape index (κ2) is 5.79. The SMILES string of the molecule is CC(C)NS(=O)(=O)c1ccc(CNC2CC2)c(Cl)c1. The maximum Gasteiger partial charge on any atom is 0.240 e. The van der Waals surface area contributed by atoms with Gasteiger partial charge in [-0.05, 0) is 44.4 Å². The second-order valence-corrected chi connectivity index (χ2v) is 7.31. The Morgan fingerprint density at radius 1 is 1.37 bits per heavy atom. The van der Waals surface area contributed by atoms with Crippen LogP contribution in [0.1, 0.15) is 32.3 Å². The van der Waals surface area contributed by atoms with Crippen molar-refractivity contribution in [2.24, 2.45) is 0 Å². The Hall–Kier alpha value is -0.620. The van der Waals surface area contributed by atoms with Crippen LogP contribution in [0.2, 0.25) is 5.02 Å². The Bertz CT molecular complexity index is 554. The molecule has 1 fully saturated rings. The van der Waals surface area contributed by atoms with E-state index in [0.29, 0.717) is 17.6 Å². The number of benzene rings is 1. The van der Waals surface area contributed by atoms with Crippen molar-refractivity contribution in [2.45, 2.75) is 50.2 Å². The van der Waals surface area contributed by atoms with Crippen molar-refractivity contribution in [1.29, 1.82) is 0 Å². The van der Waals surface area contributed by atoms with Gasteiger partial charge in [-0.3, -0.25) is 0 Å². The van der Waals surface area contributed by atoms with Gasteiger partial charge >= 0.3 is 0 Å². The number of nitrogens with one attached hydrogen (secondary N) is 2. The maximum absolute atomic E-state index is 12.0. The van der Waals surface area contributed by atoms with E-state index in [-0.39, 0.29) is 10.9 Å². The third-order valence-electron chi connectivity index (χ3n) is 2.88. The summed E-state index contributed by atoms with van der Waals surface area (Å²) in [4.78, 5) is 0.210. The first-order valence-corrected chi connectivity index (χ1v) is 8.29. The molecule has 0 radical (unpaired) electrons. The predicted molar refractivity (Wildman–Crippen MR) is 76.8 cm³/mol. The third-order valence-corrected chi connectivity index (χ3v) is 4.89. The molecule has 0 amide bonds. The normalized spacial score (nSPS) is 16.0. The molecule has 2 N–H and O–H groups in total. The van der Waals surface area contributed by atoms with Gasteiger partial charge in [0.25, 0.3) is 0 Å². The first kappa shape index (κ1) is 14.8. The van der Waals surface area contributed by atoms with Crippen molar-refractivity contribution in [1.82, 2.24) is 10.0 Å². The Kier molecular flexibility index (Phi) is 4.50. The number of sulfonamides is 1. The molecule has 1 aliphatic rings. The largest absolute Gasteiger partial charge is 0.310 e. The van der Waals surface area contributed by atoms with Crippen LogP contribution in [0.4, 0.5) is 0 Å². The highest BCUT2D eigenvalue weighted by molar-refractivity contribution is 7.89. The van der Waals surface area contributed by atoms with Gasteiger partial charge in [0.1, 0.15) is 0 Å². The molecule has 4 nitrogen and oxygen atoms in total. The zero-order chi connectivity index (χ0) is 14.0. The van der Waals surface area contributed by atoms with Gasteiger partial charge in [-0.25, -0.2) is 13.1 Å². The number of hydrogen-bond donors (Lipinski definition) is 2. The van der Waals surface area contributed by atoms with E-state index in [1.165, 1.54) is 18.9 Å². The van der Waals surface area contributed by atoms with Crippen LogP contribution in [0.25, 0.3) is 0 Å². The summed E-state index contributed by atoms with van der Waals surface area (Å²) in [5, 5.41) is 3.84. The molecule has 0 aliphatic heterocycles. The molecule has 0 spiro atoms. The molecule has 0 bridgehead atoms. The monoisotopic (exact) mass is 302 g/mol. The van der Waals surface area contributed by atoms with Gasteiger partial charge < -0.3 is 5.32 Å². The van der Waals surface area contributed by atoms with E-state index >= 15 is 0 Å². The summed E-state index contributed by atoms with van der Waals surface area (Å²) < 4.78 is 26.5. The standard InChI is InChI=1S/C13H19ClN2O2S/c1-9(2)16-19(17,18)12-6-3-10(13(14)7-12)8-15-11-4-5-11/h3,6-7,9,11,15-16H,4-5,8H2,1-2H3. The minimum atomic E-state index is -3.47. The van der Waals surface area contributed by atoms with Crippen molar-refractivity contribution < 1.29 is 8.42 Å². The van der Waals surface area contributed by atoms with Gasteiger partial charge in [0, 0.05) is 23.7 Å². The molecular formula is C13H19ClN2O2S. The molecule has 1 aromatic rings. The van der Waals surface area contributed by atoms with Gasteiger partial charge in [0.2, 0.25) is 10.0 Å². The molecule has 1 aliphatic carbocycles. The Labute approximate surface area is 119 Å². The fourth-order valence-electron chi connectivity index (χ4n) is 1.76. The molecule has 1 aromatic carbocycles. The Balaban J connectivity index is 2.12. The zero-order valence-corrected chi connectivity index (χ0v) is 12.7. The van der Waals surface area contributed by atoms with Crippen molar-refractivity contribution >= 4 is 21.6 Å². The first-order valence-electron chi connectivity index (χ1n) is 6.42. The highest BCUT2D eigenvalue weighted by Gasteiger charge is 2.21.